The predicted octanol–water partition coefficient (Wildman–Crippen LogP) is 1.23. The Balaban J connectivity index is 2.61. The van der Waals surface area contributed by atoms with Gasteiger partial charge in [-0.15, -0.1) is 0 Å². The van der Waals surface area contributed by atoms with Crippen LogP contribution in [-0.4, -0.2) is 17.5 Å². The van der Waals surface area contributed by atoms with Crippen molar-refractivity contribution in [3.8, 4) is 0 Å². The second kappa shape index (κ2) is 2.59. The maximum atomic E-state index is 11.0. The van der Waals surface area contributed by atoms with Gasteiger partial charge < -0.3 is 5.11 Å². The zero-order valence-corrected chi connectivity index (χ0v) is 7.42. The molecule has 1 saturated carbocycles. The number of hydrogen-bond donors (Lipinski definition) is 1. The Hall–Kier alpha value is -0.370. The molecule has 0 radical (unpaired) electrons. The Labute approximate surface area is 67.6 Å². The van der Waals surface area contributed by atoms with E-state index in [-0.39, 0.29) is 23.7 Å². The molecule has 2 atom stereocenters. The van der Waals surface area contributed by atoms with Crippen molar-refractivity contribution >= 4 is 5.78 Å². The third-order valence-electron chi connectivity index (χ3n) is 3.18. The van der Waals surface area contributed by atoms with Gasteiger partial charge in [0.25, 0.3) is 0 Å². The van der Waals surface area contributed by atoms with E-state index in [1.54, 1.807) is 6.92 Å². The number of carbonyl (C=O) groups is 1. The quantitative estimate of drug-likeness (QED) is 0.653. The first-order valence-corrected chi connectivity index (χ1v) is 4.11. The molecule has 1 aliphatic carbocycles. The van der Waals surface area contributed by atoms with Gasteiger partial charge in [0.15, 0.2) is 0 Å². The van der Waals surface area contributed by atoms with Gasteiger partial charge in [0.05, 0.1) is 0 Å². The minimum absolute atomic E-state index is 0.0284. The van der Waals surface area contributed by atoms with E-state index in [0.29, 0.717) is 5.92 Å². The highest BCUT2D eigenvalue weighted by atomic mass is 16.3. The van der Waals surface area contributed by atoms with Crippen molar-refractivity contribution in [2.45, 2.75) is 27.2 Å². The first-order chi connectivity index (χ1) is 5.00. The summed E-state index contributed by atoms with van der Waals surface area (Å²) in [4.78, 5) is 11.0. The van der Waals surface area contributed by atoms with E-state index in [0.717, 1.165) is 6.42 Å². The van der Waals surface area contributed by atoms with E-state index < -0.39 is 0 Å². The van der Waals surface area contributed by atoms with Crippen LogP contribution < -0.4 is 0 Å². The Bertz CT molecular complexity index is 172. The Morgan fingerprint density at radius 1 is 1.64 bits per heavy atom. The van der Waals surface area contributed by atoms with Gasteiger partial charge >= 0.3 is 0 Å². The lowest BCUT2D eigenvalue weighted by Crippen LogP contribution is -2.49. The number of hydrogen-bond acceptors (Lipinski definition) is 2. The third kappa shape index (κ3) is 1.20. The molecular weight excluding hydrogens is 140 g/mol. The van der Waals surface area contributed by atoms with Gasteiger partial charge in [-0.25, -0.2) is 0 Å². The lowest BCUT2D eigenvalue weighted by Gasteiger charge is -2.50. The molecule has 2 heteroatoms. The second-order valence-corrected chi connectivity index (χ2v) is 4.10. The molecule has 0 amide bonds. The minimum atomic E-state index is 0.0284. The Kier molecular flexibility index (Phi) is 2.06. The fraction of sp³-hybridized carbons (Fsp3) is 0.889. The molecule has 1 aliphatic rings. The first kappa shape index (κ1) is 8.72. The summed E-state index contributed by atoms with van der Waals surface area (Å²) in [5.74, 6) is 0.774. The van der Waals surface area contributed by atoms with Gasteiger partial charge in [0.2, 0.25) is 0 Å². The molecule has 1 N–H and O–H groups in total. The van der Waals surface area contributed by atoms with E-state index in [1.807, 2.05) is 0 Å². The summed E-state index contributed by atoms with van der Waals surface area (Å²) >= 11 is 0. The summed E-state index contributed by atoms with van der Waals surface area (Å²) < 4.78 is 0. The molecule has 0 bridgehead atoms. The summed E-state index contributed by atoms with van der Waals surface area (Å²) in [7, 11) is 0. The highest BCUT2D eigenvalue weighted by molar-refractivity contribution is 5.80. The summed E-state index contributed by atoms with van der Waals surface area (Å²) in [5, 5.41) is 8.91. The normalized spacial score (nSPS) is 34.5. The van der Waals surface area contributed by atoms with Gasteiger partial charge in [0, 0.05) is 12.5 Å². The molecule has 11 heavy (non-hydrogen) atoms. The van der Waals surface area contributed by atoms with Crippen LogP contribution in [0, 0.1) is 17.3 Å². The largest absolute Gasteiger partial charge is 0.396 e. The van der Waals surface area contributed by atoms with E-state index >= 15 is 0 Å². The molecule has 0 heterocycles. The first-order valence-electron chi connectivity index (χ1n) is 4.11. The highest BCUT2D eigenvalue weighted by Crippen LogP contribution is 2.51. The van der Waals surface area contributed by atoms with Crippen LogP contribution in [0.15, 0.2) is 0 Å². The van der Waals surface area contributed by atoms with Gasteiger partial charge in [-0.3, -0.25) is 4.79 Å². The number of aliphatic hydroxyl groups is 1. The smallest absolute Gasteiger partial charge is 0.133 e. The lowest BCUT2D eigenvalue weighted by atomic mass is 9.54. The van der Waals surface area contributed by atoms with Gasteiger partial charge in [-0.05, 0) is 24.7 Å². The van der Waals surface area contributed by atoms with Gasteiger partial charge in [-0.2, -0.15) is 0 Å². The molecule has 2 nitrogen and oxygen atoms in total. The van der Waals surface area contributed by atoms with Crippen LogP contribution in [0.1, 0.15) is 27.2 Å². The predicted molar refractivity (Wildman–Crippen MR) is 43.1 cm³/mol. The maximum absolute atomic E-state index is 11.0. The van der Waals surface area contributed by atoms with Crippen LogP contribution in [0.3, 0.4) is 0 Å². The average molecular weight is 156 g/mol. The molecule has 0 aromatic rings. The number of Topliss-reactive ketones (excluding diaryl/α,β-unsaturated/α-hetero) is 1. The second-order valence-electron chi connectivity index (χ2n) is 4.10. The Morgan fingerprint density at radius 3 is 2.45 bits per heavy atom. The van der Waals surface area contributed by atoms with Crippen LogP contribution in [0.4, 0.5) is 0 Å². The molecule has 0 aromatic carbocycles. The van der Waals surface area contributed by atoms with Crippen molar-refractivity contribution in [2.24, 2.45) is 17.3 Å². The van der Waals surface area contributed by atoms with Gasteiger partial charge in [-0.1, -0.05) is 13.8 Å². The summed E-state index contributed by atoms with van der Waals surface area (Å²) in [6.45, 7) is 5.98. The standard InChI is InChI=1S/C9H16O2/c1-6(11)8-4-7(5-10)9(8,2)3/h7-8,10H,4-5H2,1-3H3/t7-,8+/m1/s1. The Morgan fingerprint density at radius 2 is 2.18 bits per heavy atom. The van der Waals surface area contributed by atoms with Crippen LogP contribution in [0.2, 0.25) is 0 Å². The van der Waals surface area contributed by atoms with Crippen molar-refractivity contribution in [2.75, 3.05) is 6.61 Å². The van der Waals surface area contributed by atoms with E-state index in [9.17, 15) is 4.79 Å². The van der Waals surface area contributed by atoms with E-state index in [4.69, 9.17) is 5.11 Å². The number of ketones is 1. The molecule has 0 saturated heterocycles. The molecule has 1 rings (SSSR count). The van der Waals surface area contributed by atoms with E-state index in [1.165, 1.54) is 0 Å². The summed E-state index contributed by atoms with van der Waals surface area (Å²) in [6, 6.07) is 0. The monoisotopic (exact) mass is 156 g/mol. The van der Waals surface area contributed by atoms with Crippen molar-refractivity contribution in [1.29, 1.82) is 0 Å². The summed E-state index contributed by atoms with van der Waals surface area (Å²) in [6.07, 6.45) is 0.874. The SMILES string of the molecule is CC(=O)[C@@H]1C[C@H](CO)C1(C)C. The third-order valence-corrected chi connectivity index (χ3v) is 3.18. The number of aliphatic hydroxyl groups excluding tert-OH is 1. The summed E-state index contributed by atoms with van der Waals surface area (Å²) in [5.41, 5.74) is 0.0284. The molecule has 64 valence electrons. The molecule has 0 aliphatic heterocycles. The topological polar surface area (TPSA) is 37.3 Å². The van der Waals surface area contributed by atoms with E-state index in [2.05, 4.69) is 13.8 Å². The lowest BCUT2D eigenvalue weighted by molar-refractivity contribution is -0.138. The van der Waals surface area contributed by atoms with Crippen LogP contribution in [0.25, 0.3) is 0 Å². The average Bonchev–Trinajstić information content (AvgIpc) is 1.85. The number of rotatable bonds is 2. The minimum Gasteiger partial charge on any atom is -0.396 e. The molecular formula is C9H16O2. The maximum Gasteiger partial charge on any atom is 0.133 e. The van der Waals surface area contributed by atoms with Crippen LogP contribution in [-0.2, 0) is 4.79 Å². The van der Waals surface area contributed by atoms with Crippen LogP contribution in [0.5, 0.6) is 0 Å². The van der Waals surface area contributed by atoms with Gasteiger partial charge in [0.1, 0.15) is 5.78 Å². The zero-order chi connectivity index (χ0) is 8.65. The zero-order valence-electron chi connectivity index (χ0n) is 7.42. The van der Waals surface area contributed by atoms with Crippen molar-refractivity contribution < 1.29 is 9.90 Å². The molecule has 1 fully saturated rings. The van der Waals surface area contributed by atoms with Crippen molar-refractivity contribution in [3.05, 3.63) is 0 Å². The number of carbonyl (C=O) groups excluding carboxylic acids is 1. The van der Waals surface area contributed by atoms with Crippen molar-refractivity contribution in [1.82, 2.24) is 0 Å². The molecule has 0 aromatic heterocycles. The molecule has 0 spiro atoms. The van der Waals surface area contributed by atoms with Crippen LogP contribution >= 0.6 is 0 Å². The highest BCUT2D eigenvalue weighted by Gasteiger charge is 2.49. The molecule has 0 unspecified atom stereocenters. The van der Waals surface area contributed by atoms with Crippen molar-refractivity contribution in [3.63, 3.8) is 0 Å². The fourth-order valence-electron chi connectivity index (χ4n) is 2.02. The fourth-order valence-corrected chi connectivity index (χ4v) is 2.02.